The van der Waals surface area contributed by atoms with E-state index >= 15 is 0 Å². The molecular weight excluding hydrogens is 484 g/mol. The summed E-state index contributed by atoms with van der Waals surface area (Å²) >= 11 is 0. The molecule has 1 fully saturated rings. The third-order valence-electron chi connectivity index (χ3n) is 5.95. The first kappa shape index (κ1) is 24.0. The molecule has 0 bridgehead atoms. The van der Waals surface area contributed by atoms with E-state index in [1.807, 2.05) is 0 Å². The molecule has 4 aromatic rings. The van der Waals surface area contributed by atoms with Crippen LogP contribution in [0.2, 0.25) is 0 Å². The Labute approximate surface area is 201 Å². The molecule has 1 aliphatic heterocycles. The third-order valence-corrected chi connectivity index (χ3v) is 5.95. The van der Waals surface area contributed by atoms with Crippen LogP contribution in [0.1, 0.15) is 35.8 Å². The lowest BCUT2D eigenvalue weighted by Crippen LogP contribution is -2.16. The van der Waals surface area contributed by atoms with Crippen molar-refractivity contribution in [2.75, 3.05) is 11.9 Å². The standard InChI is InChI=1S/C25H19F6N5/c26-24(27,28)15-6-8-16(9-7-15)34-22-17-10-5-14(21-18(25(29,30)31)3-1-12-33-21)13-20(17)35-23(36-22)19-4-2-11-32-19/h1,3,5-10,12-13,19,32H,2,4,11H2,(H,34,35,36)/t19-/m0/s1. The lowest BCUT2D eigenvalue weighted by Gasteiger charge is -2.16. The second-order valence-electron chi connectivity index (χ2n) is 8.41. The van der Waals surface area contributed by atoms with Crippen molar-refractivity contribution in [2.24, 2.45) is 0 Å². The van der Waals surface area contributed by atoms with Crippen molar-refractivity contribution >= 4 is 22.4 Å². The highest BCUT2D eigenvalue weighted by Gasteiger charge is 2.34. The van der Waals surface area contributed by atoms with E-state index in [1.165, 1.54) is 36.5 Å². The number of hydrogen-bond acceptors (Lipinski definition) is 5. The Morgan fingerprint density at radius 1 is 0.889 bits per heavy atom. The Bertz CT molecular complexity index is 1390. The second kappa shape index (κ2) is 9.05. The Morgan fingerprint density at radius 2 is 1.67 bits per heavy atom. The van der Waals surface area contributed by atoms with Crippen LogP contribution in [0.3, 0.4) is 0 Å². The topological polar surface area (TPSA) is 62.7 Å². The lowest BCUT2D eigenvalue weighted by atomic mass is 10.0. The Morgan fingerprint density at radius 3 is 2.33 bits per heavy atom. The molecule has 5 nitrogen and oxygen atoms in total. The zero-order chi connectivity index (χ0) is 25.5. The van der Waals surface area contributed by atoms with Crippen molar-refractivity contribution in [1.29, 1.82) is 0 Å². The highest BCUT2D eigenvalue weighted by Crippen LogP contribution is 2.38. The fourth-order valence-electron chi connectivity index (χ4n) is 4.19. The van der Waals surface area contributed by atoms with Crippen LogP contribution >= 0.6 is 0 Å². The van der Waals surface area contributed by atoms with Gasteiger partial charge in [0.15, 0.2) is 0 Å². The van der Waals surface area contributed by atoms with Crippen LogP contribution in [-0.4, -0.2) is 21.5 Å². The van der Waals surface area contributed by atoms with E-state index in [1.54, 1.807) is 6.07 Å². The SMILES string of the molecule is FC(F)(F)c1ccc(Nc2nc([C@@H]3CCCN3)nc3cc(-c4ncccc4C(F)(F)F)ccc23)cc1. The van der Waals surface area contributed by atoms with E-state index in [9.17, 15) is 26.3 Å². The average Bonchev–Trinajstić information content (AvgIpc) is 3.38. The molecule has 2 N–H and O–H groups in total. The number of nitrogens with one attached hydrogen (secondary N) is 2. The number of alkyl halides is 6. The number of pyridine rings is 1. The first-order chi connectivity index (χ1) is 17.1. The lowest BCUT2D eigenvalue weighted by molar-refractivity contribution is -0.138. The maximum absolute atomic E-state index is 13.6. The van der Waals surface area contributed by atoms with E-state index < -0.39 is 23.5 Å². The van der Waals surface area contributed by atoms with Crippen molar-refractivity contribution < 1.29 is 26.3 Å². The smallest absolute Gasteiger partial charge is 0.340 e. The molecule has 36 heavy (non-hydrogen) atoms. The highest BCUT2D eigenvalue weighted by atomic mass is 19.4. The van der Waals surface area contributed by atoms with E-state index in [0.29, 0.717) is 28.2 Å². The first-order valence-electron chi connectivity index (χ1n) is 11.1. The Hall–Kier alpha value is -3.73. The summed E-state index contributed by atoms with van der Waals surface area (Å²) in [6.45, 7) is 0.774. The number of aromatic nitrogens is 3. The summed E-state index contributed by atoms with van der Waals surface area (Å²) in [5.41, 5.74) is -0.861. The fourth-order valence-corrected chi connectivity index (χ4v) is 4.19. The molecule has 1 aliphatic rings. The number of hydrogen-bond donors (Lipinski definition) is 2. The van der Waals surface area contributed by atoms with Gasteiger partial charge < -0.3 is 10.6 Å². The van der Waals surface area contributed by atoms with Crippen molar-refractivity contribution in [3.8, 4) is 11.3 Å². The molecule has 0 radical (unpaired) electrons. The molecule has 0 aliphatic carbocycles. The van der Waals surface area contributed by atoms with Crippen molar-refractivity contribution in [3.05, 3.63) is 77.7 Å². The number of fused-ring (bicyclic) bond motifs is 1. The molecular formula is C25H19F6N5. The van der Waals surface area contributed by atoms with Crippen LogP contribution in [0.5, 0.6) is 0 Å². The number of nitrogens with zero attached hydrogens (tertiary/aromatic N) is 3. The van der Waals surface area contributed by atoms with Gasteiger partial charge in [-0.15, -0.1) is 0 Å². The molecule has 0 unspecified atom stereocenters. The van der Waals surface area contributed by atoms with Gasteiger partial charge in [-0.1, -0.05) is 6.07 Å². The monoisotopic (exact) mass is 503 g/mol. The molecule has 0 amide bonds. The van der Waals surface area contributed by atoms with Gasteiger partial charge in [-0.2, -0.15) is 26.3 Å². The minimum atomic E-state index is -4.58. The summed E-state index contributed by atoms with van der Waals surface area (Å²) in [4.78, 5) is 13.2. The van der Waals surface area contributed by atoms with Gasteiger partial charge in [-0.3, -0.25) is 4.98 Å². The molecule has 5 rings (SSSR count). The molecule has 1 saturated heterocycles. The summed E-state index contributed by atoms with van der Waals surface area (Å²) < 4.78 is 79.5. The van der Waals surface area contributed by atoms with Crippen LogP contribution in [-0.2, 0) is 12.4 Å². The molecule has 1 atom stereocenters. The molecule has 0 saturated carbocycles. The Balaban J connectivity index is 1.60. The van der Waals surface area contributed by atoms with Gasteiger partial charge in [0.2, 0.25) is 0 Å². The van der Waals surface area contributed by atoms with Crippen LogP contribution in [0.15, 0.2) is 60.8 Å². The fraction of sp³-hybridized carbons (Fsp3) is 0.240. The van der Waals surface area contributed by atoms with Gasteiger partial charge in [0, 0.05) is 22.8 Å². The molecule has 11 heteroatoms. The molecule has 2 aromatic carbocycles. The van der Waals surface area contributed by atoms with Gasteiger partial charge in [-0.25, -0.2) is 9.97 Å². The predicted molar refractivity (Wildman–Crippen MR) is 122 cm³/mol. The summed E-state index contributed by atoms with van der Waals surface area (Å²) in [7, 11) is 0. The molecule has 3 heterocycles. The third kappa shape index (κ3) is 4.83. The van der Waals surface area contributed by atoms with Crippen LogP contribution in [0.25, 0.3) is 22.2 Å². The quantitative estimate of drug-likeness (QED) is 0.297. The Kier molecular flexibility index (Phi) is 6.03. The summed E-state index contributed by atoms with van der Waals surface area (Å²) in [5.74, 6) is 0.788. The van der Waals surface area contributed by atoms with Crippen LogP contribution in [0, 0.1) is 0 Å². The predicted octanol–water partition coefficient (Wildman–Crippen LogP) is 6.90. The minimum Gasteiger partial charge on any atom is -0.340 e. The van der Waals surface area contributed by atoms with E-state index in [-0.39, 0.29) is 17.3 Å². The van der Waals surface area contributed by atoms with E-state index in [0.717, 1.165) is 37.6 Å². The summed E-state index contributed by atoms with van der Waals surface area (Å²) in [5, 5.41) is 6.84. The number of benzene rings is 2. The number of halogens is 6. The largest absolute Gasteiger partial charge is 0.418 e. The summed E-state index contributed by atoms with van der Waals surface area (Å²) in [6, 6.07) is 11.2. The molecule has 0 spiro atoms. The van der Waals surface area contributed by atoms with Gasteiger partial charge in [0.1, 0.15) is 11.6 Å². The van der Waals surface area contributed by atoms with E-state index in [2.05, 4.69) is 25.6 Å². The number of anilines is 2. The summed E-state index contributed by atoms with van der Waals surface area (Å²) in [6.07, 6.45) is -6.06. The van der Waals surface area contributed by atoms with Crippen molar-refractivity contribution in [3.63, 3.8) is 0 Å². The minimum absolute atomic E-state index is 0.146. The van der Waals surface area contributed by atoms with Gasteiger partial charge in [0.05, 0.1) is 28.4 Å². The van der Waals surface area contributed by atoms with Crippen LogP contribution in [0.4, 0.5) is 37.8 Å². The first-order valence-corrected chi connectivity index (χ1v) is 11.1. The highest BCUT2D eigenvalue weighted by molar-refractivity contribution is 5.93. The number of rotatable bonds is 4. The van der Waals surface area contributed by atoms with Gasteiger partial charge >= 0.3 is 12.4 Å². The maximum Gasteiger partial charge on any atom is 0.418 e. The van der Waals surface area contributed by atoms with Crippen molar-refractivity contribution in [2.45, 2.75) is 31.2 Å². The average molecular weight is 503 g/mol. The van der Waals surface area contributed by atoms with Gasteiger partial charge in [-0.05, 0) is 67.9 Å². The molecule has 186 valence electrons. The second-order valence-corrected chi connectivity index (χ2v) is 8.41. The van der Waals surface area contributed by atoms with Crippen molar-refractivity contribution in [1.82, 2.24) is 20.3 Å². The normalized spacial score (nSPS) is 16.4. The van der Waals surface area contributed by atoms with Gasteiger partial charge in [0.25, 0.3) is 0 Å². The zero-order valence-electron chi connectivity index (χ0n) is 18.6. The maximum atomic E-state index is 13.6. The zero-order valence-corrected chi connectivity index (χ0v) is 18.6. The van der Waals surface area contributed by atoms with E-state index in [4.69, 9.17) is 0 Å². The molecule has 2 aromatic heterocycles. The van der Waals surface area contributed by atoms with Crippen LogP contribution < -0.4 is 10.6 Å².